The van der Waals surface area contributed by atoms with Crippen LogP contribution in [0.4, 0.5) is 4.39 Å². The number of rotatable bonds is 4. The standard InChI is InChI=1S/C27H23FN4OS/c28-20-7-4-18(5-8-20)25-15-24-26(34-25)27(33)32(17-29-24)22-10-11-23-19(14-22)6-9-21(30-23)16-31-12-2-1-3-13-31/h4-11,14-15,17H,1-3,12-13,16H2. The highest BCUT2D eigenvalue weighted by Crippen LogP contribution is 2.31. The van der Waals surface area contributed by atoms with Crippen LogP contribution in [0.25, 0.3) is 37.2 Å². The summed E-state index contributed by atoms with van der Waals surface area (Å²) < 4.78 is 15.4. The average molecular weight is 471 g/mol. The normalized spacial score (nSPS) is 14.7. The van der Waals surface area contributed by atoms with Gasteiger partial charge in [0.15, 0.2) is 0 Å². The summed E-state index contributed by atoms with van der Waals surface area (Å²) in [5.41, 5.74) is 4.17. The lowest BCUT2D eigenvalue weighted by atomic mass is 10.1. The van der Waals surface area contributed by atoms with Crippen LogP contribution < -0.4 is 5.56 Å². The number of likely N-dealkylation sites (tertiary alicyclic amines) is 1. The van der Waals surface area contributed by atoms with Crippen LogP contribution in [0.1, 0.15) is 25.0 Å². The number of halogens is 1. The molecule has 1 aliphatic heterocycles. The third-order valence-corrected chi connectivity index (χ3v) is 7.57. The Morgan fingerprint density at radius 2 is 1.74 bits per heavy atom. The fourth-order valence-electron chi connectivity index (χ4n) is 4.59. The summed E-state index contributed by atoms with van der Waals surface area (Å²) in [6.07, 6.45) is 5.42. The highest BCUT2D eigenvalue weighted by atomic mass is 32.1. The molecule has 6 rings (SSSR count). The summed E-state index contributed by atoms with van der Waals surface area (Å²) in [6, 6.07) is 18.2. The van der Waals surface area contributed by atoms with Crippen LogP contribution in [0.2, 0.25) is 0 Å². The number of nitrogens with zero attached hydrogens (tertiary/aromatic N) is 4. The van der Waals surface area contributed by atoms with Crippen molar-refractivity contribution in [2.24, 2.45) is 0 Å². The van der Waals surface area contributed by atoms with E-state index < -0.39 is 0 Å². The number of hydrogen-bond acceptors (Lipinski definition) is 5. The zero-order valence-corrected chi connectivity index (χ0v) is 19.4. The first-order chi connectivity index (χ1) is 16.6. The van der Waals surface area contributed by atoms with E-state index in [1.807, 2.05) is 24.3 Å². The van der Waals surface area contributed by atoms with E-state index in [4.69, 9.17) is 4.98 Å². The molecule has 0 atom stereocenters. The third-order valence-electron chi connectivity index (χ3n) is 6.41. The second-order valence-electron chi connectivity index (χ2n) is 8.77. The molecule has 0 bridgehead atoms. The molecule has 34 heavy (non-hydrogen) atoms. The first kappa shape index (κ1) is 21.1. The van der Waals surface area contributed by atoms with Gasteiger partial charge in [0.2, 0.25) is 0 Å². The molecular formula is C27H23FN4OS. The second kappa shape index (κ2) is 8.74. The average Bonchev–Trinajstić information content (AvgIpc) is 3.30. The molecule has 0 N–H and O–H groups in total. The predicted octanol–water partition coefficient (Wildman–Crippen LogP) is 5.79. The molecule has 5 aromatic rings. The quantitative estimate of drug-likeness (QED) is 0.334. The maximum Gasteiger partial charge on any atom is 0.275 e. The van der Waals surface area contributed by atoms with Gasteiger partial charge in [-0.2, -0.15) is 0 Å². The van der Waals surface area contributed by atoms with Crippen molar-refractivity contribution in [1.29, 1.82) is 0 Å². The van der Waals surface area contributed by atoms with Gasteiger partial charge in [0.05, 0.1) is 22.4 Å². The van der Waals surface area contributed by atoms with Gasteiger partial charge < -0.3 is 0 Å². The molecule has 7 heteroatoms. The minimum Gasteiger partial charge on any atom is -0.298 e. The van der Waals surface area contributed by atoms with Crippen molar-refractivity contribution < 1.29 is 4.39 Å². The fourth-order valence-corrected chi connectivity index (χ4v) is 5.64. The molecule has 170 valence electrons. The van der Waals surface area contributed by atoms with Crippen LogP contribution in [0.5, 0.6) is 0 Å². The Morgan fingerprint density at radius 1 is 0.912 bits per heavy atom. The number of aromatic nitrogens is 3. The number of benzene rings is 2. The molecule has 3 aromatic heterocycles. The summed E-state index contributed by atoms with van der Waals surface area (Å²) in [6.45, 7) is 3.16. The molecule has 0 unspecified atom stereocenters. The highest BCUT2D eigenvalue weighted by Gasteiger charge is 2.14. The van der Waals surface area contributed by atoms with E-state index in [0.29, 0.717) is 10.2 Å². The summed E-state index contributed by atoms with van der Waals surface area (Å²) >= 11 is 1.38. The van der Waals surface area contributed by atoms with E-state index in [-0.39, 0.29) is 11.4 Å². The van der Waals surface area contributed by atoms with E-state index in [2.05, 4.69) is 22.0 Å². The molecule has 5 nitrogen and oxygen atoms in total. The van der Waals surface area contributed by atoms with Crippen molar-refractivity contribution in [1.82, 2.24) is 19.4 Å². The maximum atomic E-state index is 13.3. The largest absolute Gasteiger partial charge is 0.298 e. The highest BCUT2D eigenvalue weighted by molar-refractivity contribution is 7.22. The van der Waals surface area contributed by atoms with Crippen molar-refractivity contribution in [3.8, 4) is 16.1 Å². The topological polar surface area (TPSA) is 51.0 Å². The van der Waals surface area contributed by atoms with Crippen molar-refractivity contribution in [3.05, 3.63) is 88.9 Å². The lowest BCUT2D eigenvalue weighted by Gasteiger charge is -2.26. The molecular weight excluding hydrogens is 447 g/mol. The maximum absolute atomic E-state index is 13.3. The smallest absolute Gasteiger partial charge is 0.275 e. The second-order valence-corrected chi connectivity index (χ2v) is 9.82. The summed E-state index contributed by atoms with van der Waals surface area (Å²) in [5.74, 6) is -0.283. The van der Waals surface area contributed by atoms with Gasteiger partial charge in [-0.25, -0.2) is 9.37 Å². The van der Waals surface area contributed by atoms with E-state index in [1.54, 1.807) is 23.0 Å². The van der Waals surface area contributed by atoms with Gasteiger partial charge in [-0.15, -0.1) is 11.3 Å². The van der Waals surface area contributed by atoms with Crippen LogP contribution >= 0.6 is 11.3 Å². The molecule has 0 amide bonds. The fraction of sp³-hybridized carbons (Fsp3) is 0.222. The number of piperidine rings is 1. The molecule has 1 saturated heterocycles. The number of fused-ring (bicyclic) bond motifs is 2. The Bertz CT molecular complexity index is 1550. The van der Waals surface area contributed by atoms with Crippen molar-refractivity contribution in [2.75, 3.05) is 13.1 Å². The Kier molecular flexibility index (Phi) is 5.43. The van der Waals surface area contributed by atoms with Crippen LogP contribution in [-0.2, 0) is 6.54 Å². The molecule has 0 radical (unpaired) electrons. The molecule has 4 heterocycles. The van der Waals surface area contributed by atoms with Crippen LogP contribution in [0, 0.1) is 5.82 Å². The molecule has 0 saturated carbocycles. The minimum atomic E-state index is -0.283. The van der Waals surface area contributed by atoms with Crippen LogP contribution in [0.3, 0.4) is 0 Å². The first-order valence-corrected chi connectivity index (χ1v) is 12.4. The van der Waals surface area contributed by atoms with Gasteiger partial charge in [0.25, 0.3) is 5.56 Å². The molecule has 0 spiro atoms. The number of thiophene rings is 1. The molecule has 1 aliphatic rings. The summed E-state index contributed by atoms with van der Waals surface area (Å²) in [7, 11) is 0. The van der Waals surface area contributed by atoms with Crippen LogP contribution in [-0.4, -0.2) is 32.5 Å². The van der Waals surface area contributed by atoms with Gasteiger partial charge in [-0.1, -0.05) is 24.6 Å². The number of hydrogen-bond donors (Lipinski definition) is 0. The summed E-state index contributed by atoms with van der Waals surface area (Å²) in [5, 5.41) is 0.991. The Morgan fingerprint density at radius 3 is 2.56 bits per heavy atom. The first-order valence-electron chi connectivity index (χ1n) is 11.5. The van der Waals surface area contributed by atoms with E-state index >= 15 is 0 Å². The van der Waals surface area contributed by atoms with Crippen molar-refractivity contribution in [3.63, 3.8) is 0 Å². The SMILES string of the molecule is O=c1c2sc(-c3ccc(F)cc3)cc2ncn1-c1ccc2nc(CN3CCCCC3)ccc2c1. The minimum absolute atomic E-state index is 0.114. The lowest BCUT2D eigenvalue weighted by Crippen LogP contribution is -2.29. The Hall–Kier alpha value is -3.42. The van der Waals surface area contributed by atoms with Gasteiger partial charge >= 0.3 is 0 Å². The van der Waals surface area contributed by atoms with Crippen molar-refractivity contribution in [2.45, 2.75) is 25.8 Å². The monoisotopic (exact) mass is 470 g/mol. The third kappa shape index (κ3) is 4.02. The van der Waals surface area contributed by atoms with Gasteiger partial charge in [0, 0.05) is 16.8 Å². The van der Waals surface area contributed by atoms with Gasteiger partial charge in [-0.05, 0) is 74.0 Å². The van der Waals surface area contributed by atoms with Gasteiger partial charge in [0.1, 0.15) is 16.8 Å². The zero-order chi connectivity index (χ0) is 23.1. The molecule has 0 aliphatic carbocycles. The van der Waals surface area contributed by atoms with Crippen LogP contribution in [0.15, 0.2) is 71.8 Å². The number of pyridine rings is 1. The van der Waals surface area contributed by atoms with Crippen molar-refractivity contribution >= 4 is 32.5 Å². The van der Waals surface area contributed by atoms with E-state index in [1.165, 1.54) is 42.7 Å². The zero-order valence-electron chi connectivity index (χ0n) is 18.6. The lowest BCUT2D eigenvalue weighted by molar-refractivity contribution is 0.219. The summed E-state index contributed by atoms with van der Waals surface area (Å²) in [4.78, 5) is 26.0. The van der Waals surface area contributed by atoms with E-state index in [9.17, 15) is 9.18 Å². The van der Waals surface area contributed by atoms with Gasteiger partial charge in [-0.3, -0.25) is 19.2 Å². The van der Waals surface area contributed by atoms with E-state index in [0.717, 1.165) is 52.4 Å². The molecule has 1 fully saturated rings. The Balaban J connectivity index is 1.33. The molecule has 2 aromatic carbocycles. The predicted molar refractivity (Wildman–Crippen MR) is 135 cm³/mol. The Labute approximate surface area is 200 Å².